The van der Waals surface area contributed by atoms with Crippen LogP contribution in [0.1, 0.15) is 178 Å². The highest BCUT2D eigenvalue weighted by Gasteiger charge is 2.64. The predicted octanol–water partition coefficient (Wildman–Crippen LogP) is 14.8. The fraction of sp³-hybridized carbons (Fsp3) is 0.455. The van der Waals surface area contributed by atoms with Crippen LogP contribution in [0.15, 0.2) is 109 Å². The van der Waals surface area contributed by atoms with Gasteiger partial charge in [0.2, 0.25) is 0 Å². The highest BCUT2D eigenvalue weighted by molar-refractivity contribution is 7.01. The van der Waals surface area contributed by atoms with Crippen LogP contribution in [-0.4, -0.2) is 20.3 Å². The minimum atomic E-state index is -1.75. The molecular weight excluding hydrogens is 860 g/mol. The molecule has 360 valence electrons. The average Bonchev–Trinajstić information content (AvgIpc) is 3.64. The molecule has 0 aromatic heterocycles. The van der Waals surface area contributed by atoms with Crippen molar-refractivity contribution in [3.05, 3.63) is 159 Å². The minimum absolute atomic E-state index is 0.00322. The second-order valence-corrected chi connectivity index (χ2v) is 33.2. The first-order valence-corrected chi connectivity index (χ1v) is 30.7. The van der Waals surface area contributed by atoms with Crippen molar-refractivity contribution in [2.45, 2.75) is 192 Å². The molecule has 3 heterocycles. The molecule has 5 atom stereocenters. The zero-order valence-corrected chi connectivity index (χ0v) is 46.7. The number of nitrogens with zero attached hydrogens (tertiary/aromatic N) is 2. The molecule has 0 bridgehead atoms. The van der Waals surface area contributed by atoms with Crippen molar-refractivity contribution in [1.29, 1.82) is 0 Å². The molecule has 5 unspecified atom stereocenters. The molecule has 4 heteroatoms. The van der Waals surface area contributed by atoms with Crippen LogP contribution in [0.3, 0.4) is 0 Å². The molecule has 12 rings (SSSR count). The summed E-state index contributed by atoms with van der Waals surface area (Å²) in [7, 11) is -1.75. The van der Waals surface area contributed by atoms with Crippen molar-refractivity contribution >= 4 is 64.8 Å². The third kappa shape index (κ3) is 6.04. The Balaban J connectivity index is 1.25. The Bertz CT molecular complexity index is 3210. The molecule has 70 heavy (non-hydrogen) atoms. The molecule has 1 fully saturated rings. The number of hydrogen-bond donors (Lipinski definition) is 0. The molecule has 6 aromatic carbocycles. The van der Waals surface area contributed by atoms with Crippen LogP contribution in [0.4, 0.5) is 28.4 Å². The van der Waals surface area contributed by atoms with Gasteiger partial charge in [0.1, 0.15) is 0 Å². The van der Waals surface area contributed by atoms with Crippen LogP contribution in [0.2, 0.25) is 19.6 Å². The topological polar surface area (TPSA) is 6.48 Å². The summed E-state index contributed by atoms with van der Waals surface area (Å²) >= 11 is 0. The summed E-state index contributed by atoms with van der Waals surface area (Å²) in [6, 6.07) is 45.5. The van der Waals surface area contributed by atoms with Crippen molar-refractivity contribution in [2.24, 2.45) is 0 Å². The maximum absolute atomic E-state index is 3.00. The summed E-state index contributed by atoms with van der Waals surface area (Å²) in [5.74, 6) is 0.149. The minimum Gasteiger partial charge on any atom is -0.335 e. The lowest BCUT2D eigenvalue weighted by Crippen LogP contribution is -2.65. The lowest BCUT2D eigenvalue weighted by molar-refractivity contribution is 0.195. The van der Waals surface area contributed by atoms with Crippen molar-refractivity contribution in [3.63, 3.8) is 0 Å². The Hall–Kier alpha value is -4.80. The lowest BCUT2D eigenvalue weighted by Gasteiger charge is -2.53. The number of fused-ring (bicyclic) bond motifs is 12. The first-order valence-electron chi connectivity index (χ1n) is 27.2. The molecule has 0 saturated heterocycles. The van der Waals surface area contributed by atoms with E-state index in [-0.39, 0.29) is 50.7 Å². The van der Waals surface area contributed by atoms with Gasteiger partial charge in [-0.05, 0) is 146 Å². The van der Waals surface area contributed by atoms with Crippen LogP contribution < -0.4 is 31.4 Å². The van der Waals surface area contributed by atoms with Gasteiger partial charge in [-0.3, -0.25) is 0 Å². The molecule has 0 spiro atoms. The molecule has 2 nitrogen and oxygen atoms in total. The zero-order chi connectivity index (χ0) is 49.7. The molecule has 0 N–H and O–H groups in total. The summed E-state index contributed by atoms with van der Waals surface area (Å²) in [5, 5.41) is 1.60. The summed E-state index contributed by atoms with van der Waals surface area (Å²) in [6.07, 6.45) is 7.23. The van der Waals surface area contributed by atoms with E-state index in [9.17, 15) is 0 Å². The van der Waals surface area contributed by atoms with Gasteiger partial charge < -0.3 is 9.80 Å². The molecule has 6 aromatic rings. The van der Waals surface area contributed by atoms with E-state index < -0.39 is 8.07 Å². The first kappa shape index (κ1) is 46.3. The Morgan fingerprint density at radius 1 is 0.557 bits per heavy atom. The van der Waals surface area contributed by atoms with E-state index in [1.54, 1.807) is 27.3 Å². The molecule has 3 aliphatic carbocycles. The van der Waals surface area contributed by atoms with Crippen LogP contribution >= 0.6 is 0 Å². The highest BCUT2D eigenvalue weighted by Crippen LogP contribution is 2.68. The van der Waals surface area contributed by atoms with Gasteiger partial charge in [0.05, 0.1) is 13.6 Å². The van der Waals surface area contributed by atoms with E-state index in [1.807, 2.05) is 0 Å². The Morgan fingerprint density at radius 2 is 1.21 bits per heavy atom. The number of rotatable bonds is 3. The Morgan fingerprint density at radius 3 is 1.93 bits per heavy atom. The van der Waals surface area contributed by atoms with E-state index in [0.717, 1.165) is 12.8 Å². The van der Waals surface area contributed by atoms with E-state index in [2.05, 4.69) is 229 Å². The third-order valence-electron chi connectivity index (χ3n) is 20.1. The number of hydrogen-bond acceptors (Lipinski definition) is 2. The first-order chi connectivity index (χ1) is 32.7. The van der Waals surface area contributed by atoms with Gasteiger partial charge in [-0.15, -0.1) is 0 Å². The standard InChI is InChI=1S/C66H79BN2Si/c1-60(2,3)43-23-21-24-46(36-43)68-54-38-45(62(7,8)9)27-29-52(54)67-53-40-47(70(14,15)16)39-51-59(53)69(65(12)32-20-19-31-63(51,65)10)56-35-42(34-55(68)58(56)67)57-48-28-26-44(61(4,5)6)37-50(48)64(11)33-30-41-22-17-18-25-49(41)66(57,64)13/h17-18,21-29,34-40,57H,19-20,30-33H2,1-16H3. The maximum Gasteiger partial charge on any atom is 0.252 e. The fourth-order valence-corrected chi connectivity index (χ4v) is 16.6. The van der Waals surface area contributed by atoms with Crippen LogP contribution in [-0.2, 0) is 38.9 Å². The van der Waals surface area contributed by atoms with Crippen molar-refractivity contribution in [1.82, 2.24) is 0 Å². The van der Waals surface area contributed by atoms with Crippen molar-refractivity contribution < 1.29 is 0 Å². The summed E-state index contributed by atoms with van der Waals surface area (Å²) in [4.78, 5) is 5.75. The quantitative estimate of drug-likeness (QED) is 0.163. The van der Waals surface area contributed by atoms with E-state index in [4.69, 9.17) is 0 Å². The number of aryl methyl sites for hydroxylation is 1. The zero-order valence-electron chi connectivity index (χ0n) is 45.7. The third-order valence-corrected chi connectivity index (χ3v) is 22.1. The molecule has 0 amide bonds. The average molecular weight is 939 g/mol. The SMILES string of the molecule is CC(C)(C)c1cccc(N2c3cc(C(C)(C)C)ccc3B3c4cc([Si](C)(C)C)cc5c4N(c4cc(C6c7ccc(C(C)(C)C)cc7C7(C)CCc8ccccc8C67C)cc2c43)C2(C)CCCCC52C)c1. The summed E-state index contributed by atoms with van der Waals surface area (Å²) in [6.45, 7) is 40.0. The predicted molar refractivity (Wildman–Crippen MR) is 305 cm³/mol. The molecule has 1 saturated carbocycles. The van der Waals surface area contributed by atoms with E-state index in [1.165, 1.54) is 98.4 Å². The van der Waals surface area contributed by atoms with Crippen molar-refractivity contribution in [3.8, 4) is 0 Å². The van der Waals surface area contributed by atoms with Crippen molar-refractivity contribution in [2.75, 3.05) is 9.80 Å². The number of benzene rings is 6. The van der Waals surface area contributed by atoms with Crippen LogP contribution in [0.25, 0.3) is 0 Å². The second kappa shape index (κ2) is 14.5. The van der Waals surface area contributed by atoms with Gasteiger partial charge in [0.25, 0.3) is 6.71 Å². The molecule has 6 aliphatic rings. The Kier molecular flexibility index (Phi) is 9.56. The summed E-state index contributed by atoms with van der Waals surface area (Å²) in [5.41, 5.74) is 24.6. The highest BCUT2D eigenvalue weighted by atomic mass is 28.3. The van der Waals surface area contributed by atoms with Gasteiger partial charge in [-0.1, -0.05) is 200 Å². The second-order valence-electron chi connectivity index (χ2n) is 28.1. The lowest BCUT2D eigenvalue weighted by atomic mass is 9.33. The van der Waals surface area contributed by atoms with Gasteiger partial charge >= 0.3 is 0 Å². The van der Waals surface area contributed by atoms with Crippen LogP contribution in [0, 0.1) is 0 Å². The van der Waals surface area contributed by atoms with Gasteiger partial charge in [0, 0.05) is 50.6 Å². The van der Waals surface area contributed by atoms with Crippen LogP contribution in [0.5, 0.6) is 0 Å². The molecule has 3 aliphatic heterocycles. The van der Waals surface area contributed by atoms with Gasteiger partial charge in [-0.2, -0.15) is 0 Å². The summed E-state index contributed by atoms with van der Waals surface area (Å²) < 4.78 is 0. The van der Waals surface area contributed by atoms with Gasteiger partial charge in [-0.25, -0.2) is 0 Å². The monoisotopic (exact) mass is 939 g/mol. The van der Waals surface area contributed by atoms with E-state index in [0.29, 0.717) is 0 Å². The smallest absolute Gasteiger partial charge is 0.252 e. The largest absolute Gasteiger partial charge is 0.335 e. The van der Waals surface area contributed by atoms with E-state index >= 15 is 0 Å². The fourth-order valence-electron chi connectivity index (χ4n) is 15.5. The van der Waals surface area contributed by atoms with Gasteiger partial charge in [0.15, 0.2) is 0 Å². The molecule has 0 radical (unpaired) electrons. The Labute approximate surface area is 423 Å². The number of anilines is 5. The maximum atomic E-state index is 3.00. The normalized spacial score (nSPS) is 26.2. The molecular formula is C66H79BN2Si.